The van der Waals surface area contributed by atoms with Crippen LogP contribution >= 0.6 is 11.6 Å². The number of aromatic nitrogens is 1. The summed E-state index contributed by atoms with van der Waals surface area (Å²) in [6.07, 6.45) is 1.13. The van der Waals surface area contributed by atoms with Crippen LogP contribution in [0.25, 0.3) is 0 Å². The molecule has 4 nitrogen and oxygen atoms in total. The topological polar surface area (TPSA) is 68.0 Å². The van der Waals surface area contributed by atoms with Crippen LogP contribution in [0.2, 0.25) is 5.15 Å². The molecule has 3 N–H and O–H groups in total. The fourth-order valence-corrected chi connectivity index (χ4v) is 1.85. The van der Waals surface area contributed by atoms with Crippen LogP contribution < -0.4 is 11.1 Å². The summed E-state index contributed by atoms with van der Waals surface area (Å²) in [4.78, 5) is 14.9. The molecule has 1 heterocycles. The van der Waals surface area contributed by atoms with Crippen molar-refractivity contribution in [3.05, 3.63) is 58.1 Å². The Hall–Kier alpha value is -2.28. The van der Waals surface area contributed by atoms with Gasteiger partial charge in [0.05, 0.1) is 11.3 Å². The van der Waals surface area contributed by atoms with E-state index in [9.17, 15) is 18.0 Å². The Labute approximate surface area is 122 Å². The lowest BCUT2D eigenvalue weighted by Crippen LogP contribution is -2.15. The Morgan fingerprint density at radius 3 is 2.62 bits per heavy atom. The maximum absolute atomic E-state index is 13.5. The van der Waals surface area contributed by atoms with Crippen LogP contribution in [0.15, 0.2) is 24.4 Å². The van der Waals surface area contributed by atoms with Crippen molar-refractivity contribution in [2.24, 2.45) is 5.73 Å². The van der Waals surface area contributed by atoms with Gasteiger partial charge in [-0.05, 0) is 18.2 Å². The van der Waals surface area contributed by atoms with Crippen LogP contribution in [0.4, 0.5) is 18.9 Å². The number of nitrogens with one attached hydrogen (secondary N) is 1. The Kier molecular flexibility index (Phi) is 4.32. The summed E-state index contributed by atoms with van der Waals surface area (Å²) in [5, 5.41) is 2.65. The monoisotopic (exact) mass is 315 g/mol. The van der Waals surface area contributed by atoms with Crippen LogP contribution in [0.5, 0.6) is 0 Å². The SMILES string of the molecule is NC(=O)c1cnc(Cl)cc1NCc1c(F)ccc(F)c1F. The molecule has 0 atom stereocenters. The molecule has 0 aliphatic carbocycles. The minimum Gasteiger partial charge on any atom is -0.380 e. The molecule has 0 aliphatic heterocycles. The second kappa shape index (κ2) is 6.01. The van der Waals surface area contributed by atoms with Gasteiger partial charge in [-0.25, -0.2) is 18.2 Å². The van der Waals surface area contributed by atoms with Gasteiger partial charge in [0, 0.05) is 18.3 Å². The number of rotatable bonds is 4. The van der Waals surface area contributed by atoms with Gasteiger partial charge in [-0.2, -0.15) is 0 Å². The number of nitrogens with zero attached hydrogens (tertiary/aromatic N) is 1. The maximum Gasteiger partial charge on any atom is 0.252 e. The minimum atomic E-state index is -1.30. The number of hydrogen-bond donors (Lipinski definition) is 2. The Bertz CT molecular complexity index is 709. The fourth-order valence-electron chi connectivity index (χ4n) is 1.69. The van der Waals surface area contributed by atoms with E-state index in [0.29, 0.717) is 6.07 Å². The number of carbonyl (C=O) groups is 1. The molecule has 0 spiro atoms. The highest BCUT2D eigenvalue weighted by Gasteiger charge is 2.15. The summed E-state index contributed by atoms with van der Waals surface area (Å²) in [6.45, 7) is -0.393. The van der Waals surface area contributed by atoms with Crippen LogP contribution in [0.3, 0.4) is 0 Å². The van der Waals surface area contributed by atoms with Crippen molar-refractivity contribution in [2.45, 2.75) is 6.54 Å². The third-order valence-corrected chi connectivity index (χ3v) is 2.94. The van der Waals surface area contributed by atoms with Gasteiger partial charge < -0.3 is 11.1 Å². The normalized spacial score (nSPS) is 10.5. The van der Waals surface area contributed by atoms with E-state index in [1.165, 1.54) is 6.07 Å². The predicted octanol–water partition coefficient (Wildman–Crippen LogP) is 2.86. The molecule has 1 amide bonds. The summed E-state index contributed by atoms with van der Waals surface area (Å²) in [5.41, 5.74) is 4.79. The summed E-state index contributed by atoms with van der Waals surface area (Å²) >= 11 is 5.68. The lowest BCUT2D eigenvalue weighted by Gasteiger charge is -2.11. The second-order valence-corrected chi connectivity index (χ2v) is 4.48. The van der Waals surface area contributed by atoms with E-state index < -0.39 is 35.5 Å². The summed E-state index contributed by atoms with van der Waals surface area (Å²) in [6, 6.07) is 2.77. The highest BCUT2D eigenvalue weighted by atomic mass is 35.5. The molecular weight excluding hydrogens is 307 g/mol. The first-order chi connectivity index (χ1) is 9.90. The zero-order valence-corrected chi connectivity index (χ0v) is 11.2. The number of amides is 1. The average molecular weight is 316 g/mol. The Morgan fingerprint density at radius 1 is 1.29 bits per heavy atom. The van der Waals surface area contributed by atoms with Gasteiger partial charge in [0.25, 0.3) is 5.91 Å². The average Bonchev–Trinajstić information content (AvgIpc) is 2.43. The predicted molar refractivity (Wildman–Crippen MR) is 71.4 cm³/mol. The van der Waals surface area contributed by atoms with Crippen molar-refractivity contribution in [3.8, 4) is 0 Å². The standard InChI is InChI=1S/C13H9ClF3N3O/c14-11-3-10(7(5-20-11)13(18)21)19-4-6-8(15)1-2-9(16)12(6)17/h1-3,5H,4H2,(H2,18,21)(H,19,20). The van der Waals surface area contributed by atoms with E-state index in [1.807, 2.05) is 0 Å². The molecule has 0 saturated carbocycles. The first kappa shape index (κ1) is 15.1. The van der Waals surface area contributed by atoms with Crippen molar-refractivity contribution in [1.82, 2.24) is 4.98 Å². The van der Waals surface area contributed by atoms with Gasteiger partial charge in [0.2, 0.25) is 0 Å². The van der Waals surface area contributed by atoms with Crippen LogP contribution in [-0.2, 0) is 6.54 Å². The third kappa shape index (κ3) is 3.25. The van der Waals surface area contributed by atoms with E-state index >= 15 is 0 Å². The zero-order chi connectivity index (χ0) is 15.6. The van der Waals surface area contributed by atoms with Crippen molar-refractivity contribution in [2.75, 3.05) is 5.32 Å². The van der Waals surface area contributed by atoms with Crippen molar-refractivity contribution < 1.29 is 18.0 Å². The van der Waals surface area contributed by atoms with Gasteiger partial charge in [0.1, 0.15) is 11.0 Å². The van der Waals surface area contributed by atoms with E-state index in [4.69, 9.17) is 17.3 Å². The van der Waals surface area contributed by atoms with Crippen molar-refractivity contribution >= 4 is 23.2 Å². The summed E-state index contributed by atoms with van der Waals surface area (Å²) < 4.78 is 40.1. The summed E-state index contributed by atoms with van der Waals surface area (Å²) in [7, 11) is 0. The van der Waals surface area contributed by atoms with E-state index in [1.54, 1.807) is 0 Å². The molecule has 0 fully saturated rings. The molecule has 21 heavy (non-hydrogen) atoms. The van der Waals surface area contributed by atoms with Gasteiger partial charge in [-0.1, -0.05) is 11.6 Å². The molecule has 2 aromatic rings. The van der Waals surface area contributed by atoms with E-state index in [0.717, 1.165) is 12.3 Å². The number of pyridine rings is 1. The molecule has 0 saturated heterocycles. The fraction of sp³-hybridized carbons (Fsp3) is 0.0769. The first-order valence-corrected chi connectivity index (χ1v) is 6.09. The lowest BCUT2D eigenvalue weighted by molar-refractivity contribution is 0.100. The zero-order valence-electron chi connectivity index (χ0n) is 10.5. The van der Waals surface area contributed by atoms with Gasteiger partial charge >= 0.3 is 0 Å². The van der Waals surface area contributed by atoms with Crippen LogP contribution in [0.1, 0.15) is 15.9 Å². The smallest absolute Gasteiger partial charge is 0.252 e. The highest BCUT2D eigenvalue weighted by Crippen LogP contribution is 2.21. The van der Waals surface area contributed by atoms with Gasteiger partial charge in [0.15, 0.2) is 11.6 Å². The number of benzene rings is 1. The summed E-state index contributed by atoms with van der Waals surface area (Å²) in [5.74, 6) is -4.18. The van der Waals surface area contributed by atoms with Gasteiger partial charge in [-0.15, -0.1) is 0 Å². The molecule has 1 aromatic carbocycles. The van der Waals surface area contributed by atoms with Crippen molar-refractivity contribution in [3.63, 3.8) is 0 Å². The molecule has 0 radical (unpaired) electrons. The number of hydrogen-bond acceptors (Lipinski definition) is 3. The third-order valence-electron chi connectivity index (χ3n) is 2.73. The second-order valence-electron chi connectivity index (χ2n) is 4.09. The first-order valence-electron chi connectivity index (χ1n) is 5.71. The van der Waals surface area contributed by atoms with Gasteiger partial charge in [-0.3, -0.25) is 4.79 Å². The van der Waals surface area contributed by atoms with Crippen LogP contribution in [0, 0.1) is 17.5 Å². The number of carbonyl (C=O) groups excluding carboxylic acids is 1. The number of anilines is 1. The van der Waals surface area contributed by atoms with E-state index in [2.05, 4.69) is 10.3 Å². The lowest BCUT2D eigenvalue weighted by atomic mass is 10.1. The highest BCUT2D eigenvalue weighted by molar-refractivity contribution is 6.29. The molecule has 110 valence electrons. The maximum atomic E-state index is 13.5. The molecule has 8 heteroatoms. The molecule has 1 aromatic heterocycles. The number of nitrogens with two attached hydrogens (primary N) is 1. The number of primary amides is 1. The minimum absolute atomic E-state index is 0.00313. The number of halogens is 4. The van der Waals surface area contributed by atoms with Crippen molar-refractivity contribution in [1.29, 1.82) is 0 Å². The largest absolute Gasteiger partial charge is 0.380 e. The molecule has 0 unspecified atom stereocenters. The molecule has 0 aliphatic rings. The Morgan fingerprint density at radius 2 is 1.95 bits per heavy atom. The quantitative estimate of drug-likeness (QED) is 0.673. The van der Waals surface area contributed by atoms with Crippen LogP contribution in [-0.4, -0.2) is 10.9 Å². The molecule has 0 bridgehead atoms. The van der Waals surface area contributed by atoms with E-state index in [-0.39, 0.29) is 16.4 Å². The molecule has 2 rings (SSSR count). The Balaban J connectivity index is 2.31. The molecular formula is C13H9ClF3N3O.